The van der Waals surface area contributed by atoms with Gasteiger partial charge >= 0.3 is 0 Å². The summed E-state index contributed by atoms with van der Waals surface area (Å²) in [7, 11) is 0. The summed E-state index contributed by atoms with van der Waals surface area (Å²) >= 11 is 0. The van der Waals surface area contributed by atoms with Gasteiger partial charge in [0, 0.05) is 13.1 Å². The molecule has 0 spiro atoms. The lowest BCUT2D eigenvalue weighted by Gasteiger charge is -2.29. The highest BCUT2D eigenvalue weighted by molar-refractivity contribution is 5.33. The Bertz CT molecular complexity index is 657. The molecule has 1 atom stereocenters. The summed E-state index contributed by atoms with van der Waals surface area (Å²) in [4.78, 5) is 2.75. The van der Waals surface area contributed by atoms with Crippen molar-refractivity contribution < 1.29 is 0 Å². The van der Waals surface area contributed by atoms with Crippen LogP contribution in [0.3, 0.4) is 0 Å². The van der Waals surface area contributed by atoms with Crippen molar-refractivity contribution in [2.24, 2.45) is 5.92 Å². The van der Waals surface area contributed by atoms with E-state index in [1.54, 1.807) is 11.1 Å². The molecule has 0 saturated heterocycles. The van der Waals surface area contributed by atoms with E-state index in [2.05, 4.69) is 59.5 Å². The number of fused-ring (bicyclic) bond motifs is 1. The van der Waals surface area contributed by atoms with Crippen LogP contribution in [0.1, 0.15) is 61.1 Å². The van der Waals surface area contributed by atoms with E-state index >= 15 is 0 Å². The molecule has 0 bridgehead atoms. The Kier molecular flexibility index (Phi) is 5.52. The molecule has 0 amide bonds. The molecule has 0 radical (unpaired) electrons. The first-order chi connectivity index (χ1) is 12.4. The minimum absolute atomic E-state index is 0.662. The van der Waals surface area contributed by atoms with Crippen LogP contribution in [0.15, 0.2) is 54.6 Å². The van der Waals surface area contributed by atoms with Crippen LogP contribution >= 0.6 is 0 Å². The SMILES string of the molecule is c1ccc(CC2CCN(CC3CCCCC3)Cc3ccccc32)cc1. The van der Waals surface area contributed by atoms with Crippen molar-refractivity contribution in [2.45, 2.75) is 57.4 Å². The highest BCUT2D eigenvalue weighted by Crippen LogP contribution is 2.33. The number of hydrogen-bond acceptors (Lipinski definition) is 1. The summed E-state index contributed by atoms with van der Waals surface area (Å²) in [6.07, 6.45) is 9.72. The van der Waals surface area contributed by atoms with Gasteiger partial charge in [0.05, 0.1) is 0 Å². The Morgan fingerprint density at radius 2 is 1.56 bits per heavy atom. The average molecular weight is 334 g/mol. The summed E-state index contributed by atoms with van der Waals surface area (Å²) in [5.41, 5.74) is 4.64. The molecule has 2 aliphatic rings. The van der Waals surface area contributed by atoms with E-state index in [9.17, 15) is 0 Å². The molecule has 2 aromatic rings. The topological polar surface area (TPSA) is 3.24 Å². The third kappa shape index (κ3) is 4.33. The first-order valence-electron chi connectivity index (χ1n) is 10.2. The molecule has 132 valence electrons. The fraction of sp³-hybridized carbons (Fsp3) is 0.500. The predicted molar refractivity (Wildman–Crippen MR) is 106 cm³/mol. The monoisotopic (exact) mass is 333 g/mol. The second-order valence-electron chi connectivity index (χ2n) is 8.11. The van der Waals surface area contributed by atoms with Gasteiger partial charge in [0.2, 0.25) is 0 Å². The number of rotatable bonds is 4. The molecule has 25 heavy (non-hydrogen) atoms. The highest BCUT2D eigenvalue weighted by atomic mass is 15.1. The molecule has 1 fully saturated rings. The molecule has 1 heterocycles. The van der Waals surface area contributed by atoms with Gasteiger partial charge in [0.25, 0.3) is 0 Å². The number of nitrogens with zero attached hydrogens (tertiary/aromatic N) is 1. The minimum Gasteiger partial charge on any atom is -0.299 e. The Hall–Kier alpha value is -1.60. The largest absolute Gasteiger partial charge is 0.299 e. The number of hydrogen-bond donors (Lipinski definition) is 0. The smallest absolute Gasteiger partial charge is 0.0236 e. The molecular weight excluding hydrogens is 302 g/mol. The van der Waals surface area contributed by atoms with Crippen LogP contribution in [0, 0.1) is 5.92 Å². The van der Waals surface area contributed by atoms with E-state index < -0.39 is 0 Å². The molecule has 1 nitrogen and oxygen atoms in total. The molecular formula is C24H31N. The Balaban J connectivity index is 1.49. The maximum absolute atomic E-state index is 2.75. The zero-order valence-electron chi connectivity index (χ0n) is 15.4. The lowest BCUT2D eigenvalue weighted by Crippen LogP contribution is -2.30. The van der Waals surface area contributed by atoms with E-state index in [0.29, 0.717) is 5.92 Å². The fourth-order valence-corrected chi connectivity index (χ4v) is 4.89. The van der Waals surface area contributed by atoms with Gasteiger partial charge in [-0.15, -0.1) is 0 Å². The summed E-state index contributed by atoms with van der Waals surface area (Å²) < 4.78 is 0. The molecule has 1 unspecified atom stereocenters. The maximum atomic E-state index is 2.75. The summed E-state index contributed by atoms with van der Waals surface area (Å²) in [5, 5.41) is 0. The van der Waals surface area contributed by atoms with Crippen molar-refractivity contribution in [3.63, 3.8) is 0 Å². The normalized spacial score (nSPS) is 22.3. The van der Waals surface area contributed by atoms with E-state index in [0.717, 1.165) is 12.5 Å². The van der Waals surface area contributed by atoms with Crippen molar-refractivity contribution >= 4 is 0 Å². The van der Waals surface area contributed by atoms with Crippen molar-refractivity contribution in [2.75, 3.05) is 13.1 Å². The molecule has 1 saturated carbocycles. The van der Waals surface area contributed by atoms with Gasteiger partial charge < -0.3 is 0 Å². The molecule has 1 heteroatoms. The Morgan fingerprint density at radius 3 is 2.40 bits per heavy atom. The second kappa shape index (κ2) is 8.19. The van der Waals surface area contributed by atoms with Gasteiger partial charge in [-0.3, -0.25) is 4.90 Å². The number of benzene rings is 2. The van der Waals surface area contributed by atoms with Crippen LogP contribution in [-0.4, -0.2) is 18.0 Å². The lowest BCUT2D eigenvalue weighted by molar-refractivity contribution is 0.194. The van der Waals surface area contributed by atoms with Crippen LogP contribution in [-0.2, 0) is 13.0 Å². The molecule has 1 aliphatic heterocycles. The maximum Gasteiger partial charge on any atom is 0.0236 e. The van der Waals surface area contributed by atoms with Crippen molar-refractivity contribution in [3.8, 4) is 0 Å². The van der Waals surface area contributed by atoms with E-state index in [1.807, 2.05) is 0 Å². The van der Waals surface area contributed by atoms with Crippen LogP contribution in [0.25, 0.3) is 0 Å². The first kappa shape index (κ1) is 16.8. The molecule has 4 rings (SSSR count). The summed E-state index contributed by atoms with van der Waals surface area (Å²) in [6, 6.07) is 20.2. The highest BCUT2D eigenvalue weighted by Gasteiger charge is 2.24. The summed E-state index contributed by atoms with van der Waals surface area (Å²) in [6.45, 7) is 3.72. The zero-order chi connectivity index (χ0) is 16.9. The molecule has 0 aromatic heterocycles. The zero-order valence-corrected chi connectivity index (χ0v) is 15.4. The van der Waals surface area contributed by atoms with Crippen molar-refractivity contribution in [3.05, 3.63) is 71.3 Å². The van der Waals surface area contributed by atoms with Gasteiger partial charge in [-0.1, -0.05) is 73.9 Å². The van der Waals surface area contributed by atoms with E-state index in [1.165, 1.54) is 63.6 Å². The third-order valence-corrected chi connectivity index (χ3v) is 6.25. The van der Waals surface area contributed by atoms with Crippen molar-refractivity contribution in [1.29, 1.82) is 0 Å². The fourth-order valence-electron chi connectivity index (χ4n) is 4.89. The predicted octanol–water partition coefficient (Wildman–Crippen LogP) is 5.80. The van der Waals surface area contributed by atoms with Crippen LogP contribution in [0.5, 0.6) is 0 Å². The molecule has 2 aromatic carbocycles. The van der Waals surface area contributed by atoms with Gasteiger partial charge in [-0.25, -0.2) is 0 Å². The van der Waals surface area contributed by atoms with Crippen molar-refractivity contribution in [1.82, 2.24) is 4.90 Å². The first-order valence-corrected chi connectivity index (χ1v) is 10.2. The Morgan fingerprint density at radius 1 is 0.800 bits per heavy atom. The molecule has 0 N–H and O–H groups in total. The van der Waals surface area contributed by atoms with Gasteiger partial charge in [-0.05, 0) is 60.8 Å². The lowest BCUT2D eigenvalue weighted by atomic mass is 9.87. The van der Waals surface area contributed by atoms with Gasteiger partial charge in [0.15, 0.2) is 0 Å². The van der Waals surface area contributed by atoms with E-state index in [4.69, 9.17) is 0 Å². The average Bonchev–Trinajstić information content (AvgIpc) is 2.83. The Labute approximate surface area is 153 Å². The van der Waals surface area contributed by atoms with Gasteiger partial charge in [0.1, 0.15) is 0 Å². The van der Waals surface area contributed by atoms with Gasteiger partial charge in [-0.2, -0.15) is 0 Å². The van der Waals surface area contributed by atoms with E-state index in [-0.39, 0.29) is 0 Å². The summed E-state index contributed by atoms with van der Waals surface area (Å²) in [5.74, 6) is 1.60. The molecule has 1 aliphatic carbocycles. The standard InChI is InChI=1S/C24H31N/c1-3-9-20(10-4-1)17-22-15-16-25(18-21-11-5-2-6-12-21)19-23-13-7-8-14-24(22)23/h1,3-4,7-10,13-14,21-22H,2,5-6,11-12,15-19H2. The second-order valence-corrected chi connectivity index (χ2v) is 8.11. The third-order valence-electron chi connectivity index (χ3n) is 6.25. The quantitative estimate of drug-likeness (QED) is 0.683. The minimum atomic E-state index is 0.662. The van der Waals surface area contributed by atoms with Crippen LogP contribution < -0.4 is 0 Å². The van der Waals surface area contributed by atoms with Crippen LogP contribution in [0.4, 0.5) is 0 Å². The van der Waals surface area contributed by atoms with Crippen LogP contribution in [0.2, 0.25) is 0 Å².